The summed E-state index contributed by atoms with van der Waals surface area (Å²) in [6.45, 7) is 3.10. The lowest BCUT2D eigenvalue weighted by molar-refractivity contribution is -0.137. The van der Waals surface area contributed by atoms with Crippen LogP contribution in [0.3, 0.4) is 0 Å². The summed E-state index contributed by atoms with van der Waals surface area (Å²) in [6, 6.07) is 3.37. The SMILES string of the molecule is CCCNCc1cc(C(F)(F)F)ccc1Cl. The Labute approximate surface area is 97.6 Å². The molecule has 0 heterocycles. The minimum atomic E-state index is -4.32. The van der Waals surface area contributed by atoms with Gasteiger partial charge in [0.15, 0.2) is 0 Å². The average Bonchev–Trinajstić information content (AvgIpc) is 2.19. The van der Waals surface area contributed by atoms with Crippen LogP contribution in [0.15, 0.2) is 18.2 Å². The minimum absolute atomic E-state index is 0.358. The van der Waals surface area contributed by atoms with Crippen LogP contribution in [0.25, 0.3) is 0 Å². The van der Waals surface area contributed by atoms with Gasteiger partial charge in [0.25, 0.3) is 0 Å². The first-order chi connectivity index (χ1) is 7.45. The monoisotopic (exact) mass is 251 g/mol. The van der Waals surface area contributed by atoms with E-state index in [0.29, 0.717) is 17.1 Å². The molecular weight excluding hydrogens is 239 g/mol. The molecule has 1 N–H and O–H groups in total. The molecule has 0 unspecified atom stereocenters. The van der Waals surface area contributed by atoms with Crippen molar-refractivity contribution in [1.29, 1.82) is 0 Å². The Balaban J connectivity index is 2.83. The van der Waals surface area contributed by atoms with Gasteiger partial charge in [-0.2, -0.15) is 13.2 Å². The van der Waals surface area contributed by atoms with E-state index in [1.165, 1.54) is 6.07 Å². The van der Waals surface area contributed by atoms with Crippen molar-refractivity contribution in [2.24, 2.45) is 0 Å². The molecule has 1 aromatic carbocycles. The second-order valence-corrected chi connectivity index (χ2v) is 3.89. The van der Waals surface area contributed by atoms with E-state index >= 15 is 0 Å². The summed E-state index contributed by atoms with van der Waals surface area (Å²) in [7, 11) is 0. The Kier molecular flexibility index (Phi) is 4.62. The van der Waals surface area contributed by atoms with Gasteiger partial charge < -0.3 is 5.32 Å². The van der Waals surface area contributed by atoms with Crippen LogP contribution >= 0.6 is 11.6 Å². The molecule has 0 aliphatic carbocycles. The second kappa shape index (κ2) is 5.55. The lowest BCUT2D eigenvalue weighted by atomic mass is 10.1. The maximum atomic E-state index is 12.4. The number of halogens is 4. The van der Waals surface area contributed by atoms with E-state index in [1.807, 2.05) is 6.92 Å². The van der Waals surface area contributed by atoms with E-state index in [4.69, 9.17) is 11.6 Å². The van der Waals surface area contributed by atoms with Crippen molar-refractivity contribution < 1.29 is 13.2 Å². The highest BCUT2D eigenvalue weighted by Crippen LogP contribution is 2.31. The molecule has 0 aromatic heterocycles. The third-order valence-corrected chi connectivity index (χ3v) is 2.48. The fourth-order valence-electron chi connectivity index (χ4n) is 1.29. The van der Waals surface area contributed by atoms with E-state index in [1.54, 1.807) is 0 Å². The van der Waals surface area contributed by atoms with Crippen molar-refractivity contribution in [3.05, 3.63) is 34.3 Å². The molecule has 0 spiro atoms. The molecule has 0 aliphatic rings. The third kappa shape index (κ3) is 3.68. The highest BCUT2D eigenvalue weighted by Gasteiger charge is 2.30. The smallest absolute Gasteiger partial charge is 0.313 e. The van der Waals surface area contributed by atoms with E-state index in [2.05, 4.69) is 5.32 Å². The highest BCUT2D eigenvalue weighted by molar-refractivity contribution is 6.31. The van der Waals surface area contributed by atoms with Gasteiger partial charge in [-0.05, 0) is 36.7 Å². The molecule has 16 heavy (non-hydrogen) atoms. The van der Waals surface area contributed by atoms with Crippen molar-refractivity contribution in [1.82, 2.24) is 5.32 Å². The Morgan fingerprint density at radius 3 is 2.56 bits per heavy atom. The fourth-order valence-corrected chi connectivity index (χ4v) is 1.47. The molecule has 0 bridgehead atoms. The number of benzene rings is 1. The van der Waals surface area contributed by atoms with Crippen LogP contribution in [0.4, 0.5) is 13.2 Å². The van der Waals surface area contributed by atoms with Crippen LogP contribution < -0.4 is 5.32 Å². The molecule has 1 nitrogen and oxygen atoms in total. The van der Waals surface area contributed by atoms with Gasteiger partial charge in [0, 0.05) is 11.6 Å². The fraction of sp³-hybridized carbons (Fsp3) is 0.455. The standard InChI is InChI=1S/C11H13ClF3N/c1-2-5-16-7-8-6-9(11(13,14)15)3-4-10(8)12/h3-4,6,16H,2,5,7H2,1H3. The van der Waals surface area contributed by atoms with Crippen molar-refractivity contribution >= 4 is 11.6 Å². The van der Waals surface area contributed by atoms with Crippen molar-refractivity contribution in [2.75, 3.05) is 6.54 Å². The van der Waals surface area contributed by atoms with Gasteiger partial charge in [0.1, 0.15) is 0 Å². The molecule has 1 rings (SSSR count). The van der Waals surface area contributed by atoms with E-state index in [9.17, 15) is 13.2 Å². The van der Waals surface area contributed by atoms with Crippen LogP contribution in [0, 0.1) is 0 Å². The molecule has 0 fully saturated rings. The molecule has 0 saturated heterocycles. The van der Waals surface area contributed by atoms with E-state index in [-0.39, 0.29) is 0 Å². The van der Waals surface area contributed by atoms with Crippen molar-refractivity contribution in [3.8, 4) is 0 Å². The van der Waals surface area contributed by atoms with Gasteiger partial charge in [-0.1, -0.05) is 18.5 Å². The highest BCUT2D eigenvalue weighted by atomic mass is 35.5. The summed E-state index contributed by atoms with van der Waals surface area (Å²) >= 11 is 5.82. The molecule has 5 heteroatoms. The molecule has 0 aliphatic heterocycles. The predicted molar refractivity (Wildman–Crippen MR) is 58.5 cm³/mol. The third-order valence-electron chi connectivity index (χ3n) is 2.12. The lowest BCUT2D eigenvalue weighted by Gasteiger charge is -2.10. The summed E-state index contributed by atoms with van der Waals surface area (Å²) in [6.07, 6.45) is -3.39. The first-order valence-corrected chi connectivity index (χ1v) is 5.39. The van der Waals surface area contributed by atoms with Gasteiger partial charge >= 0.3 is 6.18 Å². The Morgan fingerprint density at radius 2 is 2.00 bits per heavy atom. The Morgan fingerprint density at radius 1 is 1.31 bits per heavy atom. The van der Waals surface area contributed by atoms with Crippen LogP contribution in [0.5, 0.6) is 0 Å². The van der Waals surface area contributed by atoms with Gasteiger partial charge in [0.05, 0.1) is 5.56 Å². The molecule has 90 valence electrons. The zero-order valence-corrected chi connectivity index (χ0v) is 9.62. The van der Waals surface area contributed by atoms with Crippen molar-refractivity contribution in [3.63, 3.8) is 0 Å². The zero-order chi connectivity index (χ0) is 12.2. The number of nitrogens with one attached hydrogen (secondary N) is 1. The van der Waals surface area contributed by atoms with Crippen LogP contribution in [-0.4, -0.2) is 6.54 Å². The molecule has 0 radical (unpaired) electrons. The average molecular weight is 252 g/mol. The molecule has 0 amide bonds. The number of hydrogen-bond acceptors (Lipinski definition) is 1. The first kappa shape index (κ1) is 13.3. The van der Waals surface area contributed by atoms with Gasteiger partial charge in [0.2, 0.25) is 0 Å². The van der Waals surface area contributed by atoms with Crippen molar-refractivity contribution in [2.45, 2.75) is 26.1 Å². The Bertz CT molecular complexity index is 350. The van der Waals surface area contributed by atoms with Gasteiger partial charge in [-0.25, -0.2) is 0 Å². The maximum absolute atomic E-state index is 12.4. The van der Waals surface area contributed by atoms with Crippen LogP contribution in [0.1, 0.15) is 24.5 Å². The molecular formula is C11H13ClF3N. The van der Waals surface area contributed by atoms with Crippen LogP contribution in [0.2, 0.25) is 5.02 Å². The predicted octanol–water partition coefficient (Wildman–Crippen LogP) is 3.86. The largest absolute Gasteiger partial charge is 0.416 e. The first-order valence-electron chi connectivity index (χ1n) is 5.01. The Hall–Kier alpha value is -0.740. The summed E-state index contributed by atoms with van der Waals surface area (Å²) in [5.74, 6) is 0. The molecule has 1 aromatic rings. The van der Waals surface area contributed by atoms with Crippen LogP contribution in [-0.2, 0) is 12.7 Å². The second-order valence-electron chi connectivity index (χ2n) is 3.48. The number of alkyl halides is 3. The summed E-state index contributed by atoms with van der Waals surface area (Å²) in [5, 5.41) is 3.38. The summed E-state index contributed by atoms with van der Waals surface area (Å²) in [5.41, 5.74) is -0.185. The minimum Gasteiger partial charge on any atom is -0.313 e. The number of hydrogen-bond donors (Lipinski definition) is 1. The quantitative estimate of drug-likeness (QED) is 0.802. The summed E-state index contributed by atoms with van der Waals surface area (Å²) < 4.78 is 37.3. The van der Waals surface area contributed by atoms with E-state index < -0.39 is 11.7 Å². The maximum Gasteiger partial charge on any atom is 0.416 e. The van der Waals surface area contributed by atoms with Gasteiger partial charge in [-0.15, -0.1) is 0 Å². The topological polar surface area (TPSA) is 12.0 Å². The normalized spacial score (nSPS) is 11.8. The molecule has 0 atom stereocenters. The zero-order valence-electron chi connectivity index (χ0n) is 8.87. The van der Waals surface area contributed by atoms with E-state index in [0.717, 1.165) is 25.1 Å². The summed E-state index contributed by atoms with van der Waals surface area (Å²) in [4.78, 5) is 0. The molecule has 0 saturated carbocycles. The van der Waals surface area contributed by atoms with Gasteiger partial charge in [-0.3, -0.25) is 0 Å². The lowest BCUT2D eigenvalue weighted by Crippen LogP contribution is -2.15. The number of rotatable bonds is 4.